The van der Waals surface area contributed by atoms with Crippen LogP contribution < -0.4 is 5.32 Å². The Hall–Kier alpha value is -3.50. The quantitative estimate of drug-likeness (QED) is 0.382. The van der Waals surface area contributed by atoms with E-state index in [1.54, 1.807) is 0 Å². The molecule has 4 heteroatoms. The SMILES string of the molecule is Cc1ccc(-c2nc3cc(-c4ccc5ccccc5c4)cnc3n2C2CCNCC2)cc1. The van der Waals surface area contributed by atoms with Gasteiger partial charge in [-0.15, -0.1) is 0 Å². The number of nitrogens with zero attached hydrogens (tertiary/aromatic N) is 3. The number of hydrogen-bond acceptors (Lipinski definition) is 3. The van der Waals surface area contributed by atoms with E-state index in [9.17, 15) is 0 Å². The van der Waals surface area contributed by atoms with Crippen molar-refractivity contribution in [3.05, 3.63) is 84.6 Å². The molecule has 6 rings (SSSR count). The van der Waals surface area contributed by atoms with Crippen LogP contribution in [0.25, 0.3) is 44.5 Å². The summed E-state index contributed by atoms with van der Waals surface area (Å²) < 4.78 is 2.38. The average Bonchev–Trinajstić information content (AvgIpc) is 3.23. The monoisotopic (exact) mass is 418 g/mol. The van der Waals surface area contributed by atoms with E-state index in [4.69, 9.17) is 9.97 Å². The molecule has 32 heavy (non-hydrogen) atoms. The van der Waals surface area contributed by atoms with E-state index in [0.717, 1.165) is 54.0 Å². The van der Waals surface area contributed by atoms with Crippen LogP contribution in [0.15, 0.2) is 79.0 Å². The molecule has 0 amide bonds. The highest BCUT2D eigenvalue weighted by Crippen LogP contribution is 2.33. The van der Waals surface area contributed by atoms with Gasteiger partial charge in [0.05, 0.1) is 0 Å². The zero-order valence-electron chi connectivity index (χ0n) is 18.3. The van der Waals surface area contributed by atoms with Gasteiger partial charge in [0.2, 0.25) is 0 Å². The van der Waals surface area contributed by atoms with E-state index in [-0.39, 0.29) is 0 Å². The number of benzene rings is 3. The zero-order chi connectivity index (χ0) is 21.5. The third-order valence-electron chi connectivity index (χ3n) is 6.60. The summed E-state index contributed by atoms with van der Waals surface area (Å²) in [4.78, 5) is 10.1. The van der Waals surface area contributed by atoms with Crippen molar-refractivity contribution in [1.82, 2.24) is 19.9 Å². The highest BCUT2D eigenvalue weighted by atomic mass is 15.2. The van der Waals surface area contributed by atoms with Gasteiger partial charge in [-0.2, -0.15) is 0 Å². The summed E-state index contributed by atoms with van der Waals surface area (Å²) in [5, 5.41) is 5.98. The van der Waals surface area contributed by atoms with Gasteiger partial charge < -0.3 is 9.88 Å². The minimum absolute atomic E-state index is 0.413. The Morgan fingerprint density at radius 2 is 1.56 bits per heavy atom. The van der Waals surface area contributed by atoms with Crippen LogP contribution in [0.4, 0.5) is 0 Å². The van der Waals surface area contributed by atoms with Crippen molar-refractivity contribution in [3.8, 4) is 22.5 Å². The van der Waals surface area contributed by atoms with E-state index in [1.165, 1.54) is 21.9 Å². The number of rotatable bonds is 3. The molecule has 0 unspecified atom stereocenters. The van der Waals surface area contributed by atoms with E-state index >= 15 is 0 Å². The van der Waals surface area contributed by atoms with Crippen molar-refractivity contribution in [2.75, 3.05) is 13.1 Å². The lowest BCUT2D eigenvalue weighted by atomic mass is 10.0. The van der Waals surface area contributed by atoms with Gasteiger partial charge >= 0.3 is 0 Å². The number of imidazole rings is 1. The second-order valence-electron chi connectivity index (χ2n) is 8.78. The van der Waals surface area contributed by atoms with Crippen molar-refractivity contribution in [2.45, 2.75) is 25.8 Å². The van der Waals surface area contributed by atoms with Gasteiger partial charge in [-0.25, -0.2) is 9.97 Å². The van der Waals surface area contributed by atoms with Crippen LogP contribution in [0.1, 0.15) is 24.4 Å². The number of aromatic nitrogens is 3. The third-order valence-corrected chi connectivity index (χ3v) is 6.60. The Morgan fingerprint density at radius 1 is 0.812 bits per heavy atom. The molecule has 0 saturated carbocycles. The van der Waals surface area contributed by atoms with Crippen LogP contribution in [-0.4, -0.2) is 27.6 Å². The summed E-state index contributed by atoms with van der Waals surface area (Å²) in [6, 6.07) is 26.4. The van der Waals surface area contributed by atoms with Gasteiger partial charge in [0, 0.05) is 23.4 Å². The van der Waals surface area contributed by atoms with Crippen LogP contribution >= 0.6 is 0 Å². The first-order valence-corrected chi connectivity index (χ1v) is 11.4. The predicted octanol–water partition coefficient (Wildman–Crippen LogP) is 6.15. The molecule has 0 spiro atoms. The first-order valence-electron chi connectivity index (χ1n) is 11.4. The molecule has 4 nitrogen and oxygen atoms in total. The van der Waals surface area contributed by atoms with Crippen molar-refractivity contribution in [3.63, 3.8) is 0 Å². The molecule has 158 valence electrons. The Labute approximate surface area is 188 Å². The fourth-order valence-electron chi connectivity index (χ4n) is 4.83. The summed E-state index contributed by atoms with van der Waals surface area (Å²) in [6.07, 6.45) is 4.20. The molecule has 1 aliphatic heterocycles. The Bertz CT molecular complexity index is 1410. The minimum Gasteiger partial charge on any atom is -0.317 e. The second kappa shape index (κ2) is 7.88. The van der Waals surface area contributed by atoms with Crippen molar-refractivity contribution >= 4 is 21.9 Å². The maximum absolute atomic E-state index is 5.12. The Kier molecular flexibility index (Phi) is 4.73. The highest BCUT2D eigenvalue weighted by molar-refractivity contribution is 5.89. The normalized spacial score (nSPS) is 14.9. The van der Waals surface area contributed by atoms with Crippen LogP contribution in [-0.2, 0) is 0 Å². The van der Waals surface area contributed by atoms with Gasteiger partial charge in [0.25, 0.3) is 0 Å². The molecule has 3 aromatic carbocycles. The molecule has 1 N–H and O–H groups in total. The summed E-state index contributed by atoms with van der Waals surface area (Å²) in [7, 11) is 0. The number of nitrogens with one attached hydrogen (secondary N) is 1. The summed E-state index contributed by atoms with van der Waals surface area (Å²) in [6.45, 7) is 4.19. The highest BCUT2D eigenvalue weighted by Gasteiger charge is 2.23. The minimum atomic E-state index is 0.413. The maximum atomic E-state index is 5.12. The number of aryl methyl sites for hydroxylation is 1. The Balaban J connectivity index is 1.51. The molecule has 0 atom stereocenters. The molecule has 1 fully saturated rings. The standard InChI is InChI=1S/C28H26N4/c1-19-6-8-21(9-7-19)27-31-26-17-24(23-11-10-20-4-2-3-5-22(20)16-23)18-30-28(26)32(27)25-12-14-29-15-13-25/h2-11,16-18,25,29H,12-15H2,1H3. The lowest BCUT2D eigenvalue weighted by molar-refractivity contribution is 0.376. The Morgan fingerprint density at radius 3 is 2.38 bits per heavy atom. The van der Waals surface area contributed by atoms with Crippen molar-refractivity contribution in [2.24, 2.45) is 0 Å². The van der Waals surface area contributed by atoms with E-state index in [1.807, 2.05) is 6.20 Å². The van der Waals surface area contributed by atoms with Gasteiger partial charge in [0.1, 0.15) is 11.3 Å². The molecule has 2 aromatic heterocycles. The second-order valence-corrected chi connectivity index (χ2v) is 8.78. The smallest absolute Gasteiger partial charge is 0.160 e. The molecular weight excluding hydrogens is 392 g/mol. The summed E-state index contributed by atoms with van der Waals surface area (Å²) in [5.41, 5.74) is 6.64. The zero-order valence-corrected chi connectivity index (χ0v) is 18.3. The summed E-state index contributed by atoms with van der Waals surface area (Å²) >= 11 is 0. The number of hydrogen-bond donors (Lipinski definition) is 1. The molecular formula is C28H26N4. The third kappa shape index (κ3) is 3.37. The molecule has 0 bridgehead atoms. The average molecular weight is 419 g/mol. The molecule has 1 aliphatic rings. The number of pyridine rings is 1. The molecule has 0 aliphatic carbocycles. The van der Waals surface area contributed by atoms with Crippen LogP contribution in [0.3, 0.4) is 0 Å². The molecule has 1 saturated heterocycles. The fourth-order valence-corrected chi connectivity index (χ4v) is 4.83. The lowest BCUT2D eigenvalue weighted by Gasteiger charge is -2.26. The first kappa shape index (κ1) is 19.2. The van der Waals surface area contributed by atoms with Crippen LogP contribution in [0, 0.1) is 6.92 Å². The van der Waals surface area contributed by atoms with Crippen molar-refractivity contribution < 1.29 is 0 Å². The largest absolute Gasteiger partial charge is 0.317 e. The fraction of sp³-hybridized carbons (Fsp3) is 0.214. The maximum Gasteiger partial charge on any atom is 0.160 e. The topological polar surface area (TPSA) is 42.7 Å². The van der Waals surface area contributed by atoms with Gasteiger partial charge in [0.15, 0.2) is 5.65 Å². The van der Waals surface area contributed by atoms with E-state index in [0.29, 0.717) is 6.04 Å². The molecule has 5 aromatic rings. The number of fused-ring (bicyclic) bond motifs is 2. The summed E-state index contributed by atoms with van der Waals surface area (Å²) in [5.74, 6) is 1.02. The first-order chi connectivity index (χ1) is 15.8. The lowest BCUT2D eigenvalue weighted by Crippen LogP contribution is -2.29. The predicted molar refractivity (Wildman–Crippen MR) is 132 cm³/mol. The van der Waals surface area contributed by atoms with E-state index < -0.39 is 0 Å². The molecule has 0 radical (unpaired) electrons. The van der Waals surface area contributed by atoms with Crippen LogP contribution in [0.2, 0.25) is 0 Å². The van der Waals surface area contributed by atoms with Crippen molar-refractivity contribution in [1.29, 1.82) is 0 Å². The molecule has 3 heterocycles. The number of piperidine rings is 1. The van der Waals surface area contributed by atoms with Gasteiger partial charge in [-0.3, -0.25) is 0 Å². The van der Waals surface area contributed by atoms with Crippen LogP contribution in [0.5, 0.6) is 0 Å². The van der Waals surface area contributed by atoms with Gasteiger partial charge in [-0.1, -0.05) is 66.2 Å². The van der Waals surface area contributed by atoms with E-state index in [2.05, 4.69) is 89.6 Å². The van der Waals surface area contributed by atoms with Gasteiger partial charge in [-0.05, 0) is 61.3 Å².